The molecule has 11 heteroatoms. The molecule has 3 rings (SSSR count). The van der Waals surface area contributed by atoms with E-state index in [4.69, 9.17) is 16.5 Å². The Morgan fingerprint density at radius 3 is 2.50 bits per heavy atom. The summed E-state index contributed by atoms with van der Waals surface area (Å²) in [6, 6.07) is 11.9. The van der Waals surface area contributed by atoms with E-state index in [2.05, 4.69) is 29.5 Å². The van der Waals surface area contributed by atoms with Crippen molar-refractivity contribution in [2.45, 2.75) is 46.6 Å². The standard InChI is InChI=1S/C27H33ClN6O4/c1-18(2)17-32(6)20-10-11-22(23(15-20)34(28)26(37)38-27(3,4)5)30-25(36)16-24(35)19-8-7-9-21(14-19)33-13-12-29-31-33/h7-15,18H,16-17H2,1-6H3,(H,30,36). The molecule has 3 aromatic rings. The fourth-order valence-electron chi connectivity index (χ4n) is 3.69. The van der Waals surface area contributed by atoms with Gasteiger partial charge in [-0.15, -0.1) is 5.10 Å². The molecule has 2 aromatic carbocycles. The molecular weight excluding hydrogens is 508 g/mol. The molecule has 0 aliphatic heterocycles. The third kappa shape index (κ3) is 7.79. The molecule has 0 aliphatic carbocycles. The van der Waals surface area contributed by atoms with E-state index in [-0.39, 0.29) is 17.2 Å². The van der Waals surface area contributed by atoms with Crippen molar-refractivity contribution in [3.8, 4) is 5.69 Å². The van der Waals surface area contributed by atoms with E-state index in [1.54, 1.807) is 63.4 Å². The predicted octanol–water partition coefficient (Wildman–Crippen LogP) is 5.47. The topological polar surface area (TPSA) is 110 Å². The Bertz CT molecular complexity index is 1290. The van der Waals surface area contributed by atoms with Crippen LogP contribution in [0, 0.1) is 5.92 Å². The minimum atomic E-state index is -0.792. The van der Waals surface area contributed by atoms with Gasteiger partial charge in [-0.25, -0.2) is 9.48 Å². The van der Waals surface area contributed by atoms with Crippen molar-refractivity contribution < 1.29 is 19.1 Å². The van der Waals surface area contributed by atoms with Crippen molar-refractivity contribution in [3.05, 3.63) is 60.4 Å². The maximum atomic E-state index is 12.9. The highest BCUT2D eigenvalue weighted by molar-refractivity contribution is 6.36. The molecule has 0 fully saturated rings. The van der Waals surface area contributed by atoms with Gasteiger partial charge >= 0.3 is 6.09 Å². The Hall–Kier alpha value is -3.92. The number of benzene rings is 2. The van der Waals surface area contributed by atoms with Gasteiger partial charge in [-0.2, -0.15) is 4.42 Å². The molecule has 0 saturated carbocycles. The number of nitrogens with one attached hydrogen (secondary N) is 1. The number of hydrogen-bond acceptors (Lipinski definition) is 7. The predicted molar refractivity (Wildman–Crippen MR) is 148 cm³/mol. The highest BCUT2D eigenvalue weighted by Gasteiger charge is 2.26. The third-order valence-corrected chi connectivity index (χ3v) is 5.60. The number of halogens is 1. The molecule has 2 amide bonds. The van der Waals surface area contributed by atoms with Gasteiger partial charge in [0.2, 0.25) is 5.91 Å². The number of Topliss-reactive ketones (excluding diaryl/α,β-unsaturated/α-hetero) is 1. The molecular formula is C27H33ClN6O4. The van der Waals surface area contributed by atoms with Crippen LogP contribution in [-0.4, -0.2) is 52.0 Å². The van der Waals surface area contributed by atoms with Crippen molar-refractivity contribution in [1.82, 2.24) is 15.0 Å². The van der Waals surface area contributed by atoms with Crippen LogP contribution in [0.4, 0.5) is 21.9 Å². The Morgan fingerprint density at radius 1 is 1.13 bits per heavy atom. The second-order valence-electron chi connectivity index (χ2n) is 10.3. The van der Waals surface area contributed by atoms with Gasteiger partial charge in [-0.1, -0.05) is 31.2 Å². The second kappa shape index (κ2) is 12.1. The lowest BCUT2D eigenvalue weighted by Gasteiger charge is -2.26. The Labute approximate surface area is 227 Å². The van der Waals surface area contributed by atoms with Crippen LogP contribution in [0.2, 0.25) is 0 Å². The number of ether oxygens (including phenoxy) is 1. The highest BCUT2D eigenvalue weighted by Crippen LogP contribution is 2.33. The molecule has 0 spiro atoms. The van der Waals surface area contributed by atoms with Crippen LogP contribution >= 0.6 is 11.8 Å². The van der Waals surface area contributed by atoms with Crippen molar-refractivity contribution in [3.63, 3.8) is 0 Å². The molecule has 10 nitrogen and oxygen atoms in total. The maximum Gasteiger partial charge on any atom is 0.429 e. The number of aromatic nitrogens is 3. The highest BCUT2D eigenvalue weighted by atomic mass is 35.5. The zero-order valence-electron chi connectivity index (χ0n) is 22.4. The molecule has 1 N–H and O–H groups in total. The van der Waals surface area contributed by atoms with E-state index >= 15 is 0 Å². The number of rotatable bonds is 9. The number of carbonyl (C=O) groups is 3. The Kier molecular flexibility index (Phi) is 9.11. The molecule has 1 aromatic heterocycles. The summed E-state index contributed by atoms with van der Waals surface area (Å²) >= 11 is 6.41. The summed E-state index contributed by atoms with van der Waals surface area (Å²) in [6.45, 7) is 10.2. The molecule has 0 bridgehead atoms. The molecule has 202 valence electrons. The van der Waals surface area contributed by atoms with E-state index in [0.717, 1.165) is 16.7 Å². The Morgan fingerprint density at radius 2 is 1.87 bits per heavy atom. The van der Waals surface area contributed by atoms with Gasteiger partial charge in [0, 0.05) is 36.6 Å². The summed E-state index contributed by atoms with van der Waals surface area (Å²) in [5.74, 6) is -0.538. The molecule has 0 unspecified atom stereocenters. The van der Waals surface area contributed by atoms with Crippen molar-refractivity contribution in [2.24, 2.45) is 5.92 Å². The lowest BCUT2D eigenvalue weighted by molar-refractivity contribution is -0.115. The fraction of sp³-hybridized carbons (Fsp3) is 0.370. The van der Waals surface area contributed by atoms with Gasteiger partial charge in [0.15, 0.2) is 5.78 Å². The first-order valence-corrected chi connectivity index (χ1v) is 12.5. The SMILES string of the molecule is CC(C)CN(C)c1ccc(NC(=O)CC(=O)c2cccc(-n3ccnn3)c2)c(N(Cl)C(=O)OC(C)(C)C)c1. The third-order valence-electron chi connectivity index (χ3n) is 5.28. The van der Waals surface area contributed by atoms with Gasteiger partial charge in [0.05, 0.1) is 35.9 Å². The van der Waals surface area contributed by atoms with Gasteiger partial charge in [-0.3, -0.25) is 9.59 Å². The van der Waals surface area contributed by atoms with E-state index in [1.807, 2.05) is 18.0 Å². The molecule has 0 radical (unpaired) electrons. The van der Waals surface area contributed by atoms with Crippen LogP contribution in [-0.2, 0) is 9.53 Å². The first kappa shape index (κ1) is 28.6. The lowest BCUT2D eigenvalue weighted by atomic mass is 10.1. The summed E-state index contributed by atoms with van der Waals surface area (Å²) in [5.41, 5.74) is 1.51. The fourth-order valence-corrected chi connectivity index (χ4v) is 3.86. The zero-order valence-corrected chi connectivity index (χ0v) is 23.2. The Balaban J connectivity index is 1.82. The van der Waals surface area contributed by atoms with Crippen molar-refractivity contribution >= 4 is 46.6 Å². The smallest absolute Gasteiger partial charge is 0.429 e. The first-order valence-electron chi connectivity index (χ1n) is 12.2. The average Bonchev–Trinajstić information content (AvgIpc) is 3.37. The number of anilines is 3. The second-order valence-corrected chi connectivity index (χ2v) is 10.6. The zero-order chi connectivity index (χ0) is 28.0. The van der Waals surface area contributed by atoms with Crippen molar-refractivity contribution in [1.29, 1.82) is 0 Å². The largest absolute Gasteiger partial charge is 0.443 e. The van der Waals surface area contributed by atoms with Gasteiger partial charge in [0.1, 0.15) is 5.60 Å². The van der Waals surface area contributed by atoms with Crippen molar-refractivity contribution in [2.75, 3.05) is 28.2 Å². The van der Waals surface area contributed by atoms with Gasteiger partial charge in [-0.05, 0) is 57.0 Å². The average molecular weight is 541 g/mol. The van der Waals surface area contributed by atoms with Crippen LogP contribution in [0.15, 0.2) is 54.9 Å². The molecule has 38 heavy (non-hydrogen) atoms. The summed E-state index contributed by atoms with van der Waals surface area (Å²) in [5, 5.41) is 10.4. The summed E-state index contributed by atoms with van der Waals surface area (Å²) in [4.78, 5) is 40.5. The van der Waals surface area contributed by atoms with E-state index < -0.39 is 24.0 Å². The normalized spacial score (nSPS) is 11.3. The van der Waals surface area contributed by atoms with E-state index in [0.29, 0.717) is 17.2 Å². The first-order chi connectivity index (χ1) is 17.8. The summed E-state index contributed by atoms with van der Waals surface area (Å²) in [6.07, 6.45) is 1.98. The molecule has 1 heterocycles. The summed E-state index contributed by atoms with van der Waals surface area (Å²) < 4.78 is 7.76. The quantitative estimate of drug-likeness (QED) is 0.218. The molecule has 0 saturated heterocycles. The number of ketones is 1. The van der Waals surface area contributed by atoms with E-state index in [1.165, 1.54) is 10.9 Å². The summed E-state index contributed by atoms with van der Waals surface area (Å²) in [7, 11) is 1.93. The molecule has 0 atom stereocenters. The van der Waals surface area contributed by atoms with Crippen LogP contribution in [0.1, 0.15) is 51.4 Å². The van der Waals surface area contributed by atoms with Crippen LogP contribution < -0.4 is 14.6 Å². The molecule has 0 aliphatic rings. The number of nitrogens with zero attached hydrogens (tertiary/aromatic N) is 5. The lowest BCUT2D eigenvalue weighted by Crippen LogP contribution is -2.32. The van der Waals surface area contributed by atoms with Crippen LogP contribution in [0.5, 0.6) is 0 Å². The van der Waals surface area contributed by atoms with Crippen LogP contribution in [0.3, 0.4) is 0 Å². The van der Waals surface area contributed by atoms with E-state index in [9.17, 15) is 14.4 Å². The van der Waals surface area contributed by atoms with Gasteiger partial charge < -0.3 is 15.0 Å². The number of hydrogen-bond donors (Lipinski definition) is 1. The van der Waals surface area contributed by atoms with Crippen LogP contribution in [0.25, 0.3) is 5.69 Å². The number of carbonyl (C=O) groups excluding carboxylic acids is 3. The maximum absolute atomic E-state index is 12.9. The number of amides is 2. The minimum absolute atomic E-state index is 0.225. The van der Waals surface area contributed by atoms with Gasteiger partial charge in [0.25, 0.3) is 0 Å². The monoisotopic (exact) mass is 540 g/mol. The minimum Gasteiger partial charge on any atom is -0.443 e.